The fourth-order valence-electron chi connectivity index (χ4n) is 9.05. The van der Waals surface area contributed by atoms with Crippen LogP contribution in [0.5, 0.6) is 0 Å². The van der Waals surface area contributed by atoms with E-state index in [-0.39, 0.29) is 22.3 Å². The molecule has 0 bridgehead atoms. The number of rotatable bonds is 4. The van der Waals surface area contributed by atoms with Gasteiger partial charge in [0.05, 0.1) is 6.10 Å². The Morgan fingerprint density at radius 1 is 1.23 bits per heavy atom. The normalized spacial score (nSPS) is 44.6. The Morgan fingerprint density at radius 3 is 2.61 bits per heavy atom. The highest BCUT2D eigenvalue weighted by atomic mass is 16.3. The van der Waals surface area contributed by atoms with Gasteiger partial charge >= 0.3 is 0 Å². The van der Waals surface area contributed by atoms with Gasteiger partial charge in [0.2, 0.25) is 0 Å². The Hall–Kier alpha value is -0.890. The fraction of sp³-hybridized carbons (Fsp3) is 0.828. The van der Waals surface area contributed by atoms with Crippen molar-refractivity contribution in [1.82, 2.24) is 0 Å². The van der Waals surface area contributed by atoms with Crippen molar-refractivity contribution in [3.63, 3.8) is 0 Å². The first-order chi connectivity index (χ1) is 14.4. The maximum atomic E-state index is 12.7. The molecule has 4 rings (SSSR count). The topological polar surface area (TPSA) is 37.3 Å². The number of aliphatic hydroxyl groups is 1. The SMILES string of the molecule is CC(C)=CCC[C@@H](C)[C@H]1C[C@H](O)[C@H]2[C@@H]3CC=C4C(C)(C)C(=O)CC[C@]4(C)[C@H]3CC[C@@]21C. The Morgan fingerprint density at radius 2 is 1.94 bits per heavy atom. The Kier molecular flexibility index (Phi) is 5.90. The first-order valence-electron chi connectivity index (χ1n) is 13.0. The first-order valence-corrected chi connectivity index (χ1v) is 13.0. The molecular formula is C29H46O2. The minimum Gasteiger partial charge on any atom is -0.393 e. The molecule has 31 heavy (non-hydrogen) atoms. The number of hydrogen-bond acceptors (Lipinski definition) is 2. The molecule has 0 aromatic carbocycles. The molecule has 0 radical (unpaired) electrons. The van der Waals surface area contributed by atoms with Crippen molar-refractivity contribution in [2.45, 2.75) is 106 Å². The fourth-order valence-corrected chi connectivity index (χ4v) is 9.05. The minimum atomic E-state index is -0.311. The molecule has 4 aliphatic rings. The summed E-state index contributed by atoms with van der Waals surface area (Å²) in [6.07, 6.45) is 13.3. The molecular weight excluding hydrogens is 380 g/mol. The molecule has 0 aromatic heterocycles. The molecule has 0 aromatic rings. The smallest absolute Gasteiger partial charge is 0.142 e. The van der Waals surface area contributed by atoms with Gasteiger partial charge in [-0.3, -0.25) is 4.79 Å². The van der Waals surface area contributed by atoms with Gasteiger partial charge in [-0.25, -0.2) is 0 Å². The molecule has 2 nitrogen and oxygen atoms in total. The quantitative estimate of drug-likeness (QED) is 0.486. The number of ketones is 1. The molecule has 0 aliphatic heterocycles. The van der Waals surface area contributed by atoms with Crippen LogP contribution < -0.4 is 0 Å². The molecule has 4 aliphatic carbocycles. The van der Waals surface area contributed by atoms with Crippen molar-refractivity contribution in [3.05, 3.63) is 23.3 Å². The number of hydrogen-bond donors (Lipinski definition) is 1. The summed E-state index contributed by atoms with van der Waals surface area (Å²) in [5, 5.41) is 11.4. The molecule has 2 heteroatoms. The molecule has 3 fully saturated rings. The van der Waals surface area contributed by atoms with E-state index in [0.29, 0.717) is 35.4 Å². The van der Waals surface area contributed by atoms with Gasteiger partial charge < -0.3 is 5.11 Å². The second kappa shape index (κ2) is 7.86. The third-order valence-electron chi connectivity index (χ3n) is 10.6. The average Bonchev–Trinajstić information content (AvgIpc) is 2.96. The van der Waals surface area contributed by atoms with Crippen molar-refractivity contribution in [2.24, 2.45) is 45.8 Å². The van der Waals surface area contributed by atoms with Crippen LogP contribution in [0.4, 0.5) is 0 Å². The van der Waals surface area contributed by atoms with Gasteiger partial charge in [0.1, 0.15) is 5.78 Å². The number of carbonyl (C=O) groups is 1. The summed E-state index contributed by atoms with van der Waals surface area (Å²) in [5.41, 5.74) is 2.91. The van der Waals surface area contributed by atoms with Gasteiger partial charge in [-0.2, -0.15) is 0 Å². The van der Waals surface area contributed by atoms with E-state index >= 15 is 0 Å². The van der Waals surface area contributed by atoms with Crippen LogP contribution in [0.3, 0.4) is 0 Å². The second-order valence-corrected chi connectivity index (χ2v) is 12.9. The van der Waals surface area contributed by atoms with Gasteiger partial charge in [-0.05, 0) is 113 Å². The zero-order valence-corrected chi connectivity index (χ0v) is 21.1. The number of allylic oxidation sites excluding steroid dienone is 4. The van der Waals surface area contributed by atoms with E-state index in [2.05, 4.69) is 60.6 Å². The summed E-state index contributed by atoms with van der Waals surface area (Å²) < 4.78 is 0. The minimum absolute atomic E-state index is 0.133. The first kappa shape index (κ1) is 23.3. The summed E-state index contributed by atoms with van der Waals surface area (Å²) in [5.74, 6) is 3.31. The zero-order chi connectivity index (χ0) is 22.8. The number of Topliss-reactive ketones (excluding diaryl/α,β-unsaturated/α-hetero) is 1. The van der Waals surface area contributed by atoms with Gasteiger partial charge in [0.25, 0.3) is 0 Å². The highest BCUT2D eigenvalue weighted by molar-refractivity contribution is 5.89. The van der Waals surface area contributed by atoms with Gasteiger partial charge in [-0.1, -0.05) is 44.1 Å². The van der Waals surface area contributed by atoms with Crippen molar-refractivity contribution < 1.29 is 9.90 Å². The molecule has 0 unspecified atom stereocenters. The molecule has 0 amide bonds. The third-order valence-corrected chi connectivity index (χ3v) is 10.6. The molecule has 3 saturated carbocycles. The third kappa shape index (κ3) is 3.51. The molecule has 174 valence electrons. The molecule has 1 N–H and O–H groups in total. The number of fused-ring (bicyclic) bond motifs is 5. The lowest BCUT2D eigenvalue weighted by atomic mass is 9.44. The largest absolute Gasteiger partial charge is 0.393 e. The Bertz CT molecular complexity index is 785. The van der Waals surface area contributed by atoms with Crippen LogP contribution in [0.1, 0.15) is 99.8 Å². The lowest BCUT2D eigenvalue weighted by molar-refractivity contribution is -0.133. The van der Waals surface area contributed by atoms with E-state index < -0.39 is 0 Å². The van der Waals surface area contributed by atoms with Crippen LogP contribution in [0.15, 0.2) is 23.3 Å². The van der Waals surface area contributed by atoms with Crippen molar-refractivity contribution in [1.29, 1.82) is 0 Å². The standard InChI is InChI=1S/C29H46O2/c1-18(2)9-8-10-19(3)22-17-23(30)26-20-11-12-24-27(4,5)25(31)14-16-28(24,6)21(20)13-15-29(22,26)7/h9,12,19-23,26,30H,8,10-11,13-17H2,1-7H3/t19-,20-,21+,22-,23+,26-,28-,29-/m1/s1. The van der Waals surface area contributed by atoms with Gasteiger partial charge in [0, 0.05) is 11.8 Å². The molecule has 0 spiro atoms. The van der Waals surface area contributed by atoms with Crippen LogP contribution >= 0.6 is 0 Å². The predicted octanol–water partition coefficient (Wildman–Crippen LogP) is 7.12. The van der Waals surface area contributed by atoms with Crippen LogP contribution in [-0.2, 0) is 4.79 Å². The highest BCUT2D eigenvalue weighted by Gasteiger charge is 2.63. The van der Waals surface area contributed by atoms with Crippen LogP contribution in [0, 0.1) is 45.8 Å². The summed E-state index contributed by atoms with van der Waals surface area (Å²) >= 11 is 0. The summed E-state index contributed by atoms with van der Waals surface area (Å²) in [6, 6.07) is 0. The lowest BCUT2D eigenvalue weighted by Gasteiger charge is -2.60. The van der Waals surface area contributed by atoms with Crippen LogP contribution in [-0.4, -0.2) is 17.0 Å². The van der Waals surface area contributed by atoms with E-state index in [4.69, 9.17) is 0 Å². The average molecular weight is 427 g/mol. The van der Waals surface area contributed by atoms with Crippen molar-refractivity contribution in [2.75, 3.05) is 0 Å². The number of carbonyl (C=O) groups excluding carboxylic acids is 1. The van der Waals surface area contributed by atoms with E-state index in [1.54, 1.807) is 0 Å². The van der Waals surface area contributed by atoms with E-state index in [0.717, 1.165) is 32.1 Å². The van der Waals surface area contributed by atoms with Crippen LogP contribution in [0.2, 0.25) is 0 Å². The summed E-state index contributed by atoms with van der Waals surface area (Å²) in [7, 11) is 0. The van der Waals surface area contributed by atoms with Gasteiger partial charge in [0.15, 0.2) is 0 Å². The number of aliphatic hydroxyl groups excluding tert-OH is 1. The van der Waals surface area contributed by atoms with E-state index in [9.17, 15) is 9.90 Å². The molecule has 0 heterocycles. The molecule has 0 saturated heterocycles. The summed E-state index contributed by atoms with van der Waals surface area (Å²) in [4.78, 5) is 12.7. The van der Waals surface area contributed by atoms with Crippen LogP contribution in [0.25, 0.3) is 0 Å². The Labute approximate surface area is 191 Å². The highest BCUT2D eigenvalue weighted by Crippen LogP contribution is 2.68. The van der Waals surface area contributed by atoms with Crippen molar-refractivity contribution in [3.8, 4) is 0 Å². The maximum absolute atomic E-state index is 12.7. The predicted molar refractivity (Wildman–Crippen MR) is 129 cm³/mol. The zero-order valence-electron chi connectivity index (χ0n) is 21.1. The maximum Gasteiger partial charge on any atom is 0.142 e. The van der Waals surface area contributed by atoms with E-state index in [1.807, 2.05) is 0 Å². The second-order valence-electron chi connectivity index (χ2n) is 12.9. The monoisotopic (exact) mass is 426 g/mol. The van der Waals surface area contributed by atoms with Gasteiger partial charge in [-0.15, -0.1) is 0 Å². The van der Waals surface area contributed by atoms with Crippen molar-refractivity contribution >= 4 is 5.78 Å². The van der Waals surface area contributed by atoms with E-state index in [1.165, 1.54) is 30.4 Å². The lowest BCUT2D eigenvalue weighted by Crippen LogP contribution is -2.55. The Balaban J connectivity index is 1.61. The summed E-state index contributed by atoms with van der Waals surface area (Å²) in [6.45, 7) is 16.1. The molecule has 8 atom stereocenters.